The van der Waals surface area contributed by atoms with Crippen LogP contribution in [0.5, 0.6) is 0 Å². The van der Waals surface area contributed by atoms with E-state index < -0.39 is 18.2 Å². The standard InChI is InChI=1S/C27H26N4O4/c28-13-19-14-29-31(15-19)16-24(26(32)34-17-18-6-2-1-3-7-18)35-27(33)30-25-22-10-4-8-20(22)12-21-9-5-11-23(21)25/h1-3,6-7,12,14-15,24H,4-5,8-11,16-17H2,(H,30,33). The van der Waals surface area contributed by atoms with E-state index in [1.807, 2.05) is 36.4 Å². The fourth-order valence-electron chi connectivity index (χ4n) is 4.90. The molecule has 2 aliphatic rings. The minimum atomic E-state index is -1.23. The third-order valence-electron chi connectivity index (χ3n) is 6.55. The first-order valence-corrected chi connectivity index (χ1v) is 11.9. The summed E-state index contributed by atoms with van der Waals surface area (Å²) in [7, 11) is 0. The first kappa shape index (κ1) is 22.7. The van der Waals surface area contributed by atoms with Gasteiger partial charge in [0, 0.05) is 6.20 Å². The molecule has 2 aliphatic carbocycles. The second kappa shape index (κ2) is 10.0. The number of ether oxygens (including phenoxy) is 2. The average Bonchev–Trinajstić information content (AvgIpc) is 3.63. The minimum Gasteiger partial charge on any atom is -0.458 e. The molecule has 0 bridgehead atoms. The molecule has 0 aliphatic heterocycles. The molecule has 1 atom stereocenters. The fraction of sp³-hybridized carbons (Fsp3) is 0.333. The van der Waals surface area contributed by atoms with Crippen LogP contribution in [0.1, 0.15) is 46.2 Å². The number of hydrogen-bond acceptors (Lipinski definition) is 6. The lowest BCUT2D eigenvalue weighted by molar-refractivity contribution is -0.155. The Balaban J connectivity index is 1.33. The first-order chi connectivity index (χ1) is 17.1. The van der Waals surface area contributed by atoms with Crippen molar-refractivity contribution < 1.29 is 19.1 Å². The van der Waals surface area contributed by atoms with Gasteiger partial charge in [-0.3, -0.25) is 10.00 Å². The van der Waals surface area contributed by atoms with Gasteiger partial charge in [0.25, 0.3) is 0 Å². The van der Waals surface area contributed by atoms with E-state index in [-0.39, 0.29) is 13.2 Å². The van der Waals surface area contributed by atoms with Gasteiger partial charge in [-0.15, -0.1) is 0 Å². The lowest BCUT2D eigenvalue weighted by Crippen LogP contribution is -2.35. The van der Waals surface area contributed by atoms with Crippen molar-refractivity contribution in [3.8, 4) is 6.07 Å². The quantitative estimate of drug-likeness (QED) is 0.521. The average molecular weight is 471 g/mol. The van der Waals surface area contributed by atoms with Crippen LogP contribution in [0.4, 0.5) is 10.5 Å². The van der Waals surface area contributed by atoms with Crippen LogP contribution in [0.15, 0.2) is 48.8 Å². The number of hydrogen-bond donors (Lipinski definition) is 1. The highest BCUT2D eigenvalue weighted by Crippen LogP contribution is 2.38. The molecule has 0 saturated carbocycles. The predicted molar refractivity (Wildman–Crippen MR) is 128 cm³/mol. The zero-order valence-electron chi connectivity index (χ0n) is 19.3. The highest BCUT2D eigenvalue weighted by atomic mass is 16.6. The Kier molecular flexibility index (Phi) is 6.49. The van der Waals surface area contributed by atoms with Crippen LogP contribution in [0.3, 0.4) is 0 Å². The lowest BCUT2D eigenvalue weighted by Gasteiger charge is -2.20. The van der Waals surface area contributed by atoms with Crippen LogP contribution in [0.2, 0.25) is 0 Å². The lowest BCUT2D eigenvalue weighted by atomic mass is 9.99. The molecular weight excluding hydrogens is 444 g/mol. The summed E-state index contributed by atoms with van der Waals surface area (Å²) in [5.41, 5.74) is 6.96. The molecule has 3 aromatic rings. The summed E-state index contributed by atoms with van der Waals surface area (Å²) >= 11 is 0. The number of nitriles is 1. The number of esters is 1. The van der Waals surface area contributed by atoms with Crippen molar-refractivity contribution in [1.29, 1.82) is 5.26 Å². The van der Waals surface area contributed by atoms with Gasteiger partial charge in [0.1, 0.15) is 12.7 Å². The zero-order chi connectivity index (χ0) is 24.2. The van der Waals surface area contributed by atoms with E-state index in [1.54, 1.807) is 0 Å². The molecule has 1 heterocycles. The van der Waals surface area contributed by atoms with E-state index in [9.17, 15) is 9.59 Å². The molecule has 1 amide bonds. The SMILES string of the molecule is N#Cc1cnn(CC(OC(=O)Nc2c3c(cc4c2CCC4)CCC3)C(=O)OCc2ccccc2)c1. The number of rotatable bonds is 7. The summed E-state index contributed by atoms with van der Waals surface area (Å²) in [5, 5.41) is 16.1. The number of benzene rings is 2. The minimum absolute atomic E-state index is 0.0589. The summed E-state index contributed by atoms with van der Waals surface area (Å²) in [6.45, 7) is -0.00284. The Morgan fingerprint density at radius 3 is 2.46 bits per heavy atom. The maximum atomic E-state index is 13.0. The molecule has 0 saturated heterocycles. The molecule has 0 spiro atoms. The number of carbonyl (C=O) groups excluding carboxylic acids is 2. The summed E-state index contributed by atoms with van der Waals surface area (Å²) in [6, 6.07) is 13.6. The monoisotopic (exact) mass is 470 g/mol. The molecule has 178 valence electrons. The van der Waals surface area contributed by atoms with E-state index in [1.165, 1.54) is 39.3 Å². The van der Waals surface area contributed by atoms with Crippen molar-refractivity contribution in [2.75, 3.05) is 5.32 Å². The van der Waals surface area contributed by atoms with Gasteiger partial charge in [-0.2, -0.15) is 10.4 Å². The smallest absolute Gasteiger partial charge is 0.412 e. The van der Waals surface area contributed by atoms with Crippen molar-refractivity contribution in [2.45, 2.75) is 57.8 Å². The van der Waals surface area contributed by atoms with Crippen molar-refractivity contribution in [2.24, 2.45) is 0 Å². The number of aromatic nitrogens is 2. The van der Waals surface area contributed by atoms with Crippen LogP contribution in [-0.2, 0) is 53.1 Å². The molecule has 8 heteroatoms. The molecule has 0 radical (unpaired) electrons. The van der Waals surface area contributed by atoms with Crippen molar-refractivity contribution >= 4 is 17.7 Å². The van der Waals surface area contributed by atoms with Gasteiger partial charge in [0.15, 0.2) is 0 Å². The van der Waals surface area contributed by atoms with Gasteiger partial charge in [-0.1, -0.05) is 36.4 Å². The predicted octanol–water partition coefficient (Wildman–Crippen LogP) is 4.09. The molecule has 5 rings (SSSR count). The van der Waals surface area contributed by atoms with Crippen LogP contribution in [0, 0.1) is 11.3 Å². The summed E-state index contributed by atoms with van der Waals surface area (Å²) in [6.07, 6.45) is 6.97. The number of carbonyl (C=O) groups is 2. The highest BCUT2D eigenvalue weighted by molar-refractivity contribution is 5.90. The molecule has 35 heavy (non-hydrogen) atoms. The second-order valence-electron chi connectivity index (χ2n) is 8.91. The van der Waals surface area contributed by atoms with Gasteiger partial charge in [0.05, 0.1) is 24.0 Å². The van der Waals surface area contributed by atoms with E-state index in [2.05, 4.69) is 16.5 Å². The number of nitrogens with one attached hydrogen (secondary N) is 1. The summed E-state index contributed by atoms with van der Waals surface area (Å²) < 4.78 is 12.4. The van der Waals surface area contributed by atoms with Gasteiger partial charge in [-0.25, -0.2) is 9.59 Å². The maximum absolute atomic E-state index is 13.0. The summed E-state index contributed by atoms with van der Waals surface area (Å²) in [4.78, 5) is 26.0. The number of amides is 1. The molecule has 8 nitrogen and oxygen atoms in total. The Bertz CT molecular complexity index is 1260. The number of aryl methyl sites for hydroxylation is 2. The third kappa shape index (κ3) is 5.04. The fourth-order valence-corrected chi connectivity index (χ4v) is 4.90. The normalized spacial score (nSPS) is 14.5. The van der Waals surface area contributed by atoms with Gasteiger partial charge in [-0.05, 0) is 66.3 Å². The van der Waals surface area contributed by atoms with Crippen molar-refractivity contribution in [1.82, 2.24) is 9.78 Å². The van der Waals surface area contributed by atoms with Crippen LogP contribution < -0.4 is 5.32 Å². The highest BCUT2D eigenvalue weighted by Gasteiger charge is 2.29. The van der Waals surface area contributed by atoms with Gasteiger partial charge < -0.3 is 9.47 Å². The maximum Gasteiger partial charge on any atom is 0.412 e. The van der Waals surface area contributed by atoms with Gasteiger partial charge in [0.2, 0.25) is 6.10 Å². The Morgan fingerprint density at radius 1 is 1.09 bits per heavy atom. The number of anilines is 1. The van der Waals surface area contributed by atoms with E-state index >= 15 is 0 Å². The van der Waals surface area contributed by atoms with E-state index in [0.29, 0.717) is 5.56 Å². The molecular formula is C27H26N4O4. The van der Waals surface area contributed by atoms with Crippen LogP contribution in [-0.4, -0.2) is 27.9 Å². The molecule has 0 fully saturated rings. The van der Waals surface area contributed by atoms with E-state index in [4.69, 9.17) is 14.7 Å². The molecule has 1 aromatic heterocycles. The van der Waals surface area contributed by atoms with Crippen molar-refractivity contribution in [3.05, 3.63) is 82.2 Å². The summed E-state index contributed by atoms with van der Waals surface area (Å²) in [5.74, 6) is -0.679. The molecule has 1 N–H and O–H groups in total. The second-order valence-corrected chi connectivity index (χ2v) is 8.91. The first-order valence-electron chi connectivity index (χ1n) is 11.9. The molecule has 2 aromatic carbocycles. The topological polar surface area (TPSA) is 106 Å². The Morgan fingerprint density at radius 2 is 1.80 bits per heavy atom. The number of fused-ring (bicyclic) bond motifs is 2. The number of nitrogens with zero attached hydrogens (tertiary/aromatic N) is 3. The third-order valence-corrected chi connectivity index (χ3v) is 6.55. The van der Waals surface area contributed by atoms with E-state index in [0.717, 1.165) is 49.8 Å². The Labute approximate surface area is 203 Å². The molecule has 1 unspecified atom stereocenters. The van der Waals surface area contributed by atoms with Crippen LogP contribution in [0.25, 0.3) is 0 Å². The van der Waals surface area contributed by atoms with Crippen molar-refractivity contribution in [3.63, 3.8) is 0 Å². The van der Waals surface area contributed by atoms with Crippen LogP contribution >= 0.6 is 0 Å². The van der Waals surface area contributed by atoms with Gasteiger partial charge >= 0.3 is 12.1 Å². The zero-order valence-corrected chi connectivity index (χ0v) is 19.3. The Hall–Kier alpha value is -4.12. The largest absolute Gasteiger partial charge is 0.458 e.